The van der Waals surface area contributed by atoms with Gasteiger partial charge in [0.25, 0.3) is 0 Å². The summed E-state index contributed by atoms with van der Waals surface area (Å²) < 4.78 is 26.7. The Bertz CT molecular complexity index is 574. The minimum absolute atomic E-state index is 0.144. The van der Waals surface area contributed by atoms with E-state index in [4.69, 9.17) is 17.3 Å². The quantitative estimate of drug-likeness (QED) is 0.854. The molecule has 19 heavy (non-hydrogen) atoms. The van der Waals surface area contributed by atoms with Crippen molar-refractivity contribution in [1.29, 1.82) is 0 Å². The molecule has 0 spiro atoms. The van der Waals surface area contributed by atoms with Gasteiger partial charge in [0.05, 0.1) is 5.02 Å². The third-order valence-electron chi connectivity index (χ3n) is 3.87. The van der Waals surface area contributed by atoms with E-state index in [0.29, 0.717) is 30.6 Å². The van der Waals surface area contributed by atoms with E-state index >= 15 is 0 Å². The van der Waals surface area contributed by atoms with Gasteiger partial charge in [-0.2, -0.15) is 4.31 Å². The molecule has 0 bridgehead atoms. The summed E-state index contributed by atoms with van der Waals surface area (Å²) in [5.41, 5.74) is 6.06. The van der Waals surface area contributed by atoms with Crippen molar-refractivity contribution in [2.24, 2.45) is 11.8 Å². The molecular weight excluding hydrogens is 284 g/mol. The van der Waals surface area contributed by atoms with Gasteiger partial charge in [0.2, 0.25) is 10.0 Å². The number of rotatable bonds is 2. The Morgan fingerprint density at radius 1 is 1.32 bits per heavy atom. The second-order valence-corrected chi connectivity index (χ2v) is 7.61. The number of piperidine rings is 1. The number of benzene rings is 1. The fourth-order valence-electron chi connectivity index (χ4n) is 2.31. The smallest absolute Gasteiger partial charge is 0.244 e. The summed E-state index contributed by atoms with van der Waals surface area (Å²) in [6, 6.07) is 4.52. The Balaban J connectivity index is 2.32. The zero-order valence-corrected chi connectivity index (χ0v) is 12.7. The number of hydrogen-bond donors (Lipinski definition) is 1. The number of hydrogen-bond acceptors (Lipinski definition) is 3. The first-order valence-corrected chi connectivity index (χ1v) is 8.19. The molecule has 1 aromatic rings. The van der Waals surface area contributed by atoms with Crippen LogP contribution in [0, 0.1) is 11.8 Å². The third-order valence-corrected chi connectivity index (χ3v) is 6.22. The molecule has 2 rings (SSSR count). The molecule has 106 valence electrons. The average molecular weight is 303 g/mol. The second kappa shape index (κ2) is 5.31. The Kier molecular flexibility index (Phi) is 4.08. The molecule has 4 nitrogen and oxygen atoms in total. The predicted octanol–water partition coefficient (Wildman–Crippen LogP) is 2.59. The molecule has 1 heterocycles. The lowest BCUT2D eigenvalue weighted by Crippen LogP contribution is -2.42. The van der Waals surface area contributed by atoms with E-state index < -0.39 is 10.0 Å². The predicted molar refractivity (Wildman–Crippen MR) is 77.6 cm³/mol. The zero-order chi connectivity index (χ0) is 14.2. The molecule has 1 fully saturated rings. The van der Waals surface area contributed by atoms with Crippen LogP contribution in [0.15, 0.2) is 23.1 Å². The fourth-order valence-corrected chi connectivity index (χ4v) is 4.39. The molecule has 2 N–H and O–H groups in total. The van der Waals surface area contributed by atoms with Crippen LogP contribution in [0.3, 0.4) is 0 Å². The van der Waals surface area contributed by atoms with Crippen LogP contribution in [-0.2, 0) is 10.0 Å². The summed E-state index contributed by atoms with van der Waals surface area (Å²) in [5.74, 6) is 0.907. The molecule has 2 unspecified atom stereocenters. The lowest BCUT2D eigenvalue weighted by Gasteiger charge is -2.34. The van der Waals surface area contributed by atoms with Gasteiger partial charge in [-0.1, -0.05) is 25.4 Å². The Morgan fingerprint density at radius 3 is 2.58 bits per heavy atom. The van der Waals surface area contributed by atoms with Crippen molar-refractivity contribution in [2.45, 2.75) is 25.2 Å². The van der Waals surface area contributed by atoms with E-state index in [1.165, 1.54) is 16.4 Å². The van der Waals surface area contributed by atoms with Crippen molar-refractivity contribution in [2.75, 3.05) is 18.8 Å². The van der Waals surface area contributed by atoms with Crippen LogP contribution in [-0.4, -0.2) is 25.8 Å². The molecule has 1 aliphatic rings. The molecule has 0 amide bonds. The highest BCUT2D eigenvalue weighted by molar-refractivity contribution is 7.89. The van der Waals surface area contributed by atoms with Crippen molar-refractivity contribution >= 4 is 27.3 Å². The van der Waals surface area contributed by atoms with E-state index in [1.54, 1.807) is 6.07 Å². The van der Waals surface area contributed by atoms with E-state index in [1.807, 2.05) is 0 Å². The summed E-state index contributed by atoms with van der Waals surface area (Å²) in [7, 11) is -3.52. The topological polar surface area (TPSA) is 63.4 Å². The molecule has 6 heteroatoms. The maximum absolute atomic E-state index is 12.6. The van der Waals surface area contributed by atoms with Crippen LogP contribution in [0.2, 0.25) is 5.02 Å². The van der Waals surface area contributed by atoms with Crippen LogP contribution in [0.1, 0.15) is 20.3 Å². The van der Waals surface area contributed by atoms with Crippen LogP contribution < -0.4 is 5.73 Å². The fraction of sp³-hybridized carbons (Fsp3) is 0.538. The van der Waals surface area contributed by atoms with Crippen LogP contribution in [0.5, 0.6) is 0 Å². The lowest BCUT2D eigenvalue weighted by atomic mass is 9.90. The van der Waals surface area contributed by atoms with Crippen molar-refractivity contribution in [3.63, 3.8) is 0 Å². The van der Waals surface area contributed by atoms with Gasteiger partial charge in [-0.3, -0.25) is 0 Å². The normalized spacial score (nSPS) is 25.4. The first-order chi connectivity index (χ1) is 8.82. The van der Waals surface area contributed by atoms with Crippen molar-refractivity contribution in [3.05, 3.63) is 23.2 Å². The van der Waals surface area contributed by atoms with E-state index in [2.05, 4.69) is 13.8 Å². The zero-order valence-electron chi connectivity index (χ0n) is 11.1. The molecule has 2 atom stereocenters. The Morgan fingerprint density at radius 2 is 2.00 bits per heavy atom. The van der Waals surface area contributed by atoms with Crippen molar-refractivity contribution in [3.8, 4) is 0 Å². The lowest BCUT2D eigenvalue weighted by molar-refractivity contribution is 0.212. The number of halogens is 1. The molecule has 0 saturated carbocycles. The maximum atomic E-state index is 12.6. The minimum Gasteiger partial charge on any atom is -0.399 e. The minimum atomic E-state index is -3.52. The number of sulfonamides is 1. The number of anilines is 1. The second-order valence-electron chi connectivity index (χ2n) is 5.30. The first-order valence-electron chi connectivity index (χ1n) is 6.37. The van der Waals surface area contributed by atoms with Crippen LogP contribution in [0.25, 0.3) is 0 Å². The third kappa shape index (κ3) is 2.88. The van der Waals surface area contributed by atoms with Gasteiger partial charge in [-0.15, -0.1) is 0 Å². The highest BCUT2D eigenvalue weighted by Crippen LogP contribution is 2.31. The van der Waals surface area contributed by atoms with Gasteiger partial charge in [0, 0.05) is 18.8 Å². The summed E-state index contributed by atoms with van der Waals surface area (Å²) in [4.78, 5) is 0.144. The van der Waals surface area contributed by atoms with Gasteiger partial charge < -0.3 is 5.73 Å². The summed E-state index contributed by atoms with van der Waals surface area (Å²) in [6.45, 7) is 5.33. The van der Waals surface area contributed by atoms with E-state index in [0.717, 1.165) is 6.42 Å². The van der Waals surface area contributed by atoms with Crippen LogP contribution in [0.4, 0.5) is 5.69 Å². The number of nitrogen functional groups attached to an aromatic ring is 1. The Labute approximate surface area is 119 Å². The standard InChI is InChI=1S/C13H19ClN2O2S/c1-9-5-6-16(8-10(9)2)19(17,18)13-4-3-11(15)7-12(13)14/h3-4,7,9-10H,5-6,8,15H2,1-2H3. The van der Waals surface area contributed by atoms with Gasteiger partial charge >= 0.3 is 0 Å². The summed E-state index contributed by atoms with van der Waals surface area (Å²) in [6.07, 6.45) is 0.882. The van der Waals surface area contributed by atoms with Gasteiger partial charge in [-0.05, 0) is 36.5 Å². The largest absolute Gasteiger partial charge is 0.399 e. The molecule has 1 aliphatic heterocycles. The van der Waals surface area contributed by atoms with Crippen LogP contribution >= 0.6 is 11.6 Å². The Hall–Kier alpha value is -0.780. The molecule has 1 saturated heterocycles. The highest BCUT2D eigenvalue weighted by atomic mass is 35.5. The van der Waals surface area contributed by atoms with E-state index in [9.17, 15) is 8.42 Å². The van der Waals surface area contributed by atoms with Gasteiger partial charge in [-0.25, -0.2) is 8.42 Å². The maximum Gasteiger partial charge on any atom is 0.244 e. The van der Waals surface area contributed by atoms with Gasteiger partial charge in [0.1, 0.15) is 4.90 Å². The molecule has 0 aliphatic carbocycles. The van der Waals surface area contributed by atoms with Gasteiger partial charge in [0.15, 0.2) is 0 Å². The molecular formula is C13H19ClN2O2S. The first kappa shape index (κ1) is 14.6. The SMILES string of the molecule is CC1CCN(S(=O)(=O)c2ccc(N)cc2Cl)CC1C. The van der Waals surface area contributed by atoms with Crippen molar-refractivity contribution in [1.82, 2.24) is 4.31 Å². The molecule has 0 aromatic heterocycles. The average Bonchev–Trinajstić information content (AvgIpc) is 2.32. The van der Waals surface area contributed by atoms with Crippen molar-refractivity contribution < 1.29 is 8.42 Å². The summed E-state index contributed by atoms with van der Waals surface area (Å²) >= 11 is 6.01. The number of nitrogens with two attached hydrogens (primary N) is 1. The van der Waals surface area contributed by atoms with E-state index in [-0.39, 0.29) is 9.92 Å². The summed E-state index contributed by atoms with van der Waals surface area (Å²) in [5, 5.41) is 0.186. The monoisotopic (exact) mass is 302 g/mol. The molecule has 1 aromatic carbocycles. The highest BCUT2D eigenvalue weighted by Gasteiger charge is 2.32. The molecule has 0 radical (unpaired) electrons. The number of nitrogens with zero attached hydrogens (tertiary/aromatic N) is 1.